The third kappa shape index (κ3) is 4.14. The molecule has 1 aromatic rings. The van der Waals surface area contributed by atoms with E-state index in [4.69, 9.17) is 0 Å². The monoisotopic (exact) mass is 349 g/mol. The highest BCUT2D eigenvalue weighted by Crippen LogP contribution is 2.21. The van der Waals surface area contributed by atoms with Crippen molar-refractivity contribution in [1.82, 2.24) is 19.6 Å². The first kappa shape index (κ1) is 19.3. The molecule has 25 heavy (non-hydrogen) atoms. The van der Waals surface area contributed by atoms with Gasteiger partial charge in [-0.15, -0.1) is 0 Å². The van der Waals surface area contributed by atoms with Crippen LogP contribution >= 0.6 is 0 Å². The number of hydrogen-bond donors (Lipinski definition) is 1. The Morgan fingerprint density at radius 2 is 2.00 bits per heavy atom. The molecule has 2 heterocycles. The highest BCUT2D eigenvalue weighted by Gasteiger charge is 2.34. The second-order valence-corrected chi connectivity index (χ2v) is 7.25. The summed E-state index contributed by atoms with van der Waals surface area (Å²) in [5.74, 6) is 0.441. The molecule has 3 amide bonds. The Balaban J connectivity index is 2.08. The number of urea groups is 1. The van der Waals surface area contributed by atoms with E-state index in [1.807, 2.05) is 23.4 Å². The van der Waals surface area contributed by atoms with E-state index in [1.54, 1.807) is 11.8 Å². The standard InChI is InChI=1S/C18H31N5O2/c1-7-8-23-14(5)16(13(4)20-23)19-18(25)22-10-9-21(11-12(2)3)17(24)15(22)6/h12,15H,7-11H2,1-6H3,(H,19,25). The average Bonchev–Trinajstić information content (AvgIpc) is 2.79. The zero-order valence-corrected chi connectivity index (χ0v) is 16.3. The van der Waals surface area contributed by atoms with E-state index in [2.05, 4.69) is 31.2 Å². The number of nitrogens with one attached hydrogen (secondary N) is 1. The Bertz CT molecular complexity index is 638. The molecule has 0 aliphatic carbocycles. The van der Waals surface area contributed by atoms with Gasteiger partial charge in [0, 0.05) is 26.2 Å². The fourth-order valence-electron chi connectivity index (χ4n) is 3.32. The molecular formula is C18H31N5O2. The van der Waals surface area contributed by atoms with Crippen LogP contribution in [0.5, 0.6) is 0 Å². The predicted octanol–water partition coefficient (Wildman–Crippen LogP) is 2.63. The van der Waals surface area contributed by atoms with Crippen LogP contribution in [0.3, 0.4) is 0 Å². The van der Waals surface area contributed by atoms with Crippen LogP contribution in [0, 0.1) is 19.8 Å². The van der Waals surface area contributed by atoms with E-state index < -0.39 is 6.04 Å². The summed E-state index contributed by atoms with van der Waals surface area (Å²) in [6, 6.07) is -0.675. The minimum atomic E-state index is -0.446. The lowest BCUT2D eigenvalue weighted by molar-refractivity contribution is -0.139. The highest BCUT2D eigenvalue weighted by molar-refractivity contribution is 5.95. The Hall–Kier alpha value is -2.05. The number of nitrogens with zero attached hydrogens (tertiary/aromatic N) is 4. The number of aromatic nitrogens is 2. The maximum atomic E-state index is 12.7. The van der Waals surface area contributed by atoms with Gasteiger partial charge in [0.1, 0.15) is 6.04 Å². The number of piperazine rings is 1. The van der Waals surface area contributed by atoms with E-state index in [9.17, 15) is 9.59 Å². The lowest BCUT2D eigenvalue weighted by atomic mass is 10.1. The zero-order valence-electron chi connectivity index (χ0n) is 16.3. The van der Waals surface area contributed by atoms with Gasteiger partial charge in [0.2, 0.25) is 5.91 Å². The van der Waals surface area contributed by atoms with Crippen molar-refractivity contribution in [1.29, 1.82) is 0 Å². The third-order valence-electron chi connectivity index (χ3n) is 4.64. The molecule has 1 fully saturated rings. The number of carbonyl (C=O) groups excluding carboxylic acids is 2. The summed E-state index contributed by atoms with van der Waals surface area (Å²) in [7, 11) is 0. The Morgan fingerprint density at radius 1 is 1.32 bits per heavy atom. The van der Waals surface area contributed by atoms with Gasteiger partial charge in [0.05, 0.1) is 17.1 Å². The Kier molecular flexibility index (Phi) is 6.08. The van der Waals surface area contributed by atoms with E-state index in [0.717, 1.165) is 36.6 Å². The minimum Gasteiger partial charge on any atom is -0.339 e. The normalized spacial score (nSPS) is 18.2. The lowest BCUT2D eigenvalue weighted by Gasteiger charge is -2.39. The van der Waals surface area contributed by atoms with Gasteiger partial charge >= 0.3 is 6.03 Å². The molecule has 1 N–H and O–H groups in total. The number of rotatable bonds is 5. The molecule has 0 aromatic carbocycles. The van der Waals surface area contributed by atoms with E-state index in [1.165, 1.54) is 0 Å². The van der Waals surface area contributed by atoms with Crippen LogP contribution in [-0.2, 0) is 11.3 Å². The summed E-state index contributed by atoms with van der Waals surface area (Å²) in [4.78, 5) is 28.7. The number of amides is 3. The molecular weight excluding hydrogens is 318 g/mol. The smallest absolute Gasteiger partial charge is 0.322 e. The predicted molar refractivity (Wildman–Crippen MR) is 98.6 cm³/mol. The molecule has 1 unspecified atom stereocenters. The fourth-order valence-corrected chi connectivity index (χ4v) is 3.32. The number of hydrogen-bond acceptors (Lipinski definition) is 3. The van der Waals surface area contributed by atoms with E-state index in [0.29, 0.717) is 19.0 Å². The molecule has 1 aromatic heterocycles. The molecule has 140 valence electrons. The molecule has 1 saturated heterocycles. The summed E-state index contributed by atoms with van der Waals surface area (Å²) in [6.45, 7) is 14.6. The van der Waals surface area contributed by atoms with Crippen LogP contribution < -0.4 is 5.32 Å². The fraction of sp³-hybridized carbons (Fsp3) is 0.722. The Morgan fingerprint density at radius 3 is 2.60 bits per heavy atom. The minimum absolute atomic E-state index is 0.0187. The molecule has 0 saturated carbocycles. The molecule has 0 bridgehead atoms. The number of aryl methyl sites for hydroxylation is 2. The summed E-state index contributed by atoms with van der Waals surface area (Å²) in [5.41, 5.74) is 2.50. The van der Waals surface area contributed by atoms with Crippen LogP contribution in [0.1, 0.15) is 45.5 Å². The van der Waals surface area contributed by atoms with Crippen LogP contribution in [0.2, 0.25) is 0 Å². The van der Waals surface area contributed by atoms with Crippen molar-refractivity contribution in [3.63, 3.8) is 0 Å². The van der Waals surface area contributed by atoms with Gasteiger partial charge in [0.25, 0.3) is 0 Å². The van der Waals surface area contributed by atoms with Crippen LogP contribution in [0.25, 0.3) is 0 Å². The van der Waals surface area contributed by atoms with Gasteiger partial charge in [-0.1, -0.05) is 20.8 Å². The van der Waals surface area contributed by atoms with Gasteiger partial charge in [0.15, 0.2) is 0 Å². The van der Waals surface area contributed by atoms with E-state index >= 15 is 0 Å². The summed E-state index contributed by atoms with van der Waals surface area (Å²) in [6.07, 6.45) is 0.985. The lowest BCUT2D eigenvalue weighted by Crippen LogP contribution is -2.59. The molecule has 1 aliphatic rings. The topological polar surface area (TPSA) is 70.5 Å². The first-order valence-electron chi connectivity index (χ1n) is 9.16. The second-order valence-electron chi connectivity index (χ2n) is 7.25. The average molecular weight is 349 g/mol. The van der Waals surface area contributed by atoms with Crippen LogP contribution in [-0.4, -0.2) is 57.2 Å². The van der Waals surface area contributed by atoms with Crippen molar-refractivity contribution in [2.24, 2.45) is 5.92 Å². The zero-order chi connectivity index (χ0) is 18.7. The van der Waals surface area contributed by atoms with Crippen molar-refractivity contribution in [3.8, 4) is 0 Å². The van der Waals surface area contributed by atoms with Crippen molar-refractivity contribution in [2.45, 2.75) is 60.5 Å². The maximum absolute atomic E-state index is 12.7. The molecule has 2 rings (SSSR count). The van der Waals surface area contributed by atoms with Crippen molar-refractivity contribution in [2.75, 3.05) is 25.0 Å². The molecule has 7 nitrogen and oxygen atoms in total. The van der Waals surface area contributed by atoms with Gasteiger partial charge in [-0.25, -0.2) is 4.79 Å². The van der Waals surface area contributed by atoms with Gasteiger partial charge < -0.3 is 15.1 Å². The molecule has 0 spiro atoms. The maximum Gasteiger partial charge on any atom is 0.322 e. The summed E-state index contributed by atoms with van der Waals surface area (Å²) in [5, 5.41) is 7.45. The third-order valence-corrected chi connectivity index (χ3v) is 4.64. The second kappa shape index (κ2) is 7.89. The quantitative estimate of drug-likeness (QED) is 0.888. The van der Waals surface area contributed by atoms with Crippen LogP contribution in [0.4, 0.5) is 10.5 Å². The van der Waals surface area contributed by atoms with Gasteiger partial charge in [-0.05, 0) is 33.1 Å². The number of carbonyl (C=O) groups is 2. The molecule has 1 aliphatic heterocycles. The summed E-state index contributed by atoms with van der Waals surface area (Å²) >= 11 is 0. The molecule has 0 radical (unpaired) electrons. The molecule has 1 atom stereocenters. The highest BCUT2D eigenvalue weighted by atomic mass is 16.2. The van der Waals surface area contributed by atoms with Gasteiger partial charge in [-0.2, -0.15) is 5.10 Å². The molecule has 7 heteroatoms. The van der Waals surface area contributed by atoms with Crippen molar-refractivity contribution >= 4 is 17.6 Å². The van der Waals surface area contributed by atoms with Crippen molar-refractivity contribution < 1.29 is 9.59 Å². The van der Waals surface area contributed by atoms with Crippen molar-refractivity contribution in [3.05, 3.63) is 11.4 Å². The van der Waals surface area contributed by atoms with E-state index in [-0.39, 0.29) is 11.9 Å². The summed E-state index contributed by atoms with van der Waals surface area (Å²) < 4.78 is 1.92. The van der Waals surface area contributed by atoms with Crippen LogP contribution in [0.15, 0.2) is 0 Å². The number of anilines is 1. The SMILES string of the molecule is CCCn1nc(C)c(NC(=O)N2CCN(CC(C)C)C(=O)C2C)c1C. The Labute approximate surface area is 150 Å². The largest absolute Gasteiger partial charge is 0.339 e. The first-order valence-corrected chi connectivity index (χ1v) is 9.16. The van der Waals surface area contributed by atoms with Gasteiger partial charge in [-0.3, -0.25) is 9.48 Å². The first-order chi connectivity index (χ1) is 11.8.